The van der Waals surface area contributed by atoms with Crippen LogP contribution in [0.1, 0.15) is 16.7 Å². The first-order chi connectivity index (χ1) is 9.74. The van der Waals surface area contributed by atoms with Crippen molar-refractivity contribution in [1.82, 2.24) is 4.98 Å². The Balaban J connectivity index is 2.43. The lowest BCUT2D eigenvalue weighted by Gasteiger charge is -2.05. The fraction of sp³-hybridized carbons (Fsp3) is 0.0625. The molecule has 4 nitrogen and oxygen atoms in total. The number of pyridine rings is 1. The number of nitriles is 1. The molecule has 4 heteroatoms. The summed E-state index contributed by atoms with van der Waals surface area (Å²) in [5.41, 5.74) is 2.57. The highest BCUT2D eigenvalue weighted by atomic mass is 16.5. The smallest absolute Gasteiger partial charge is 0.338 e. The van der Waals surface area contributed by atoms with Crippen LogP contribution in [0.4, 0.5) is 0 Å². The van der Waals surface area contributed by atoms with E-state index in [4.69, 9.17) is 10.00 Å². The van der Waals surface area contributed by atoms with Crippen molar-refractivity contribution in [2.75, 3.05) is 7.11 Å². The summed E-state index contributed by atoms with van der Waals surface area (Å²) in [6, 6.07) is 12.5. The van der Waals surface area contributed by atoms with Crippen LogP contribution in [0, 0.1) is 11.3 Å². The Labute approximate surface area is 117 Å². The Kier molecular flexibility index (Phi) is 4.25. The molecular formula is C16H12N2O2. The quantitative estimate of drug-likeness (QED) is 0.631. The zero-order chi connectivity index (χ0) is 14.4. The molecular weight excluding hydrogens is 252 g/mol. The molecule has 0 saturated carbocycles. The molecule has 0 aliphatic rings. The lowest BCUT2D eigenvalue weighted by molar-refractivity contribution is -0.133. The molecule has 0 atom stereocenters. The number of nitrogens with zero attached hydrogens (tertiary/aromatic N) is 2. The van der Waals surface area contributed by atoms with Crippen molar-refractivity contribution >= 4 is 17.6 Å². The molecule has 2 aromatic rings. The zero-order valence-electron chi connectivity index (χ0n) is 10.9. The molecule has 0 spiro atoms. The first-order valence-electron chi connectivity index (χ1n) is 5.95. The van der Waals surface area contributed by atoms with Crippen LogP contribution in [0.15, 0.2) is 48.8 Å². The number of carbonyl (C=O) groups excluding carboxylic acids is 1. The standard InChI is InChI=1S/C16H12N2O2/c1-20-16(19)15(14-6-8-18-9-7-14)10-12-2-4-13(11-17)5-3-12/h2-10H,1H3/b15-10-. The van der Waals surface area contributed by atoms with Gasteiger partial charge in [0.2, 0.25) is 0 Å². The first kappa shape index (κ1) is 13.5. The molecule has 0 radical (unpaired) electrons. The fourth-order valence-electron chi connectivity index (χ4n) is 1.72. The van der Waals surface area contributed by atoms with Gasteiger partial charge in [-0.2, -0.15) is 5.26 Å². The maximum absolute atomic E-state index is 11.9. The predicted octanol–water partition coefficient (Wildman–Crippen LogP) is 2.67. The monoisotopic (exact) mass is 264 g/mol. The lowest BCUT2D eigenvalue weighted by atomic mass is 10.0. The van der Waals surface area contributed by atoms with Crippen molar-refractivity contribution in [2.24, 2.45) is 0 Å². The number of hydrogen-bond acceptors (Lipinski definition) is 4. The van der Waals surface area contributed by atoms with Crippen LogP contribution in [-0.2, 0) is 9.53 Å². The molecule has 0 N–H and O–H groups in total. The number of ether oxygens (including phenoxy) is 1. The van der Waals surface area contributed by atoms with Crippen LogP contribution < -0.4 is 0 Å². The summed E-state index contributed by atoms with van der Waals surface area (Å²) >= 11 is 0. The van der Waals surface area contributed by atoms with Crippen LogP contribution in [0.5, 0.6) is 0 Å². The molecule has 0 aliphatic heterocycles. The lowest BCUT2D eigenvalue weighted by Crippen LogP contribution is -2.03. The number of hydrogen-bond donors (Lipinski definition) is 0. The van der Waals surface area contributed by atoms with Crippen molar-refractivity contribution in [3.8, 4) is 6.07 Å². The SMILES string of the molecule is COC(=O)/C(=C\c1ccc(C#N)cc1)c1ccncc1. The Morgan fingerprint density at radius 3 is 2.40 bits per heavy atom. The van der Waals surface area contributed by atoms with Gasteiger partial charge in [0.25, 0.3) is 0 Å². The van der Waals surface area contributed by atoms with Crippen molar-refractivity contribution < 1.29 is 9.53 Å². The summed E-state index contributed by atoms with van der Waals surface area (Å²) in [7, 11) is 1.34. The van der Waals surface area contributed by atoms with E-state index in [-0.39, 0.29) is 0 Å². The van der Waals surface area contributed by atoms with Crippen molar-refractivity contribution in [3.63, 3.8) is 0 Å². The van der Waals surface area contributed by atoms with Crippen molar-refractivity contribution in [2.45, 2.75) is 0 Å². The number of benzene rings is 1. The Morgan fingerprint density at radius 2 is 1.85 bits per heavy atom. The number of aromatic nitrogens is 1. The summed E-state index contributed by atoms with van der Waals surface area (Å²) in [6.07, 6.45) is 4.96. The van der Waals surface area contributed by atoms with E-state index in [0.29, 0.717) is 11.1 Å². The van der Waals surface area contributed by atoms with Crippen LogP contribution >= 0.6 is 0 Å². The van der Waals surface area contributed by atoms with Gasteiger partial charge in [0.1, 0.15) is 0 Å². The van der Waals surface area contributed by atoms with Crippen molar-refractivity contribution in [1.29, 1.82) is 5.26 Å². The van der Waals surface area contributed by atoms with Gasteiger partial charge in [-0.15, -0.1) is 0 Å². The number of rotatable bonds is 3. The third-order valence-electron chi connectivity index (χ3n) is 2.75. The van der Waals surface area contributed by atoms with Gasteiger partial charge in [0, 0.05) is 12.4 Å². The summed E-state index contributed by atoms with van der Waals surface area (Å²) < 4.78 is 4.80. The molecule has 0 aliphatic carbocycles. The zero-order valence-corrected chi connectivity index (χ0v) is 10.9. The molecule has 20 heavy (non-hydrogen) atoms. The van der Waals surface area contributed by atoms with Gasteiger partial charge in [0.05, 0.1) is 24.3 Å². The number of carbonyl (C=O) groups is 1. The Bertz CT molecular complexity index is 668. The second-order valence-corrected chi connectivity index (χ2v) is 4.02. The third kappa shape index (κ3) is 3.09. The second kappa shape index (κ2) is 6.30. The van der Waals surface area contributed by atoms with Crippen LogP contribution in [0.2, 0.25) is 0 Å². The Morgan fingerprint density at radius 1 is 1.20 bits per heavy atom. The van der Waals surface area contributed by atoms with E-state index < -0.39 is 5.97 Å². The summed E-state index contributed by atoms with van der Waals surface area (Å²) in [6.45, 7) is 0. The minimum Gasteiger partial charge on any atom is -0.465 e. The van der Waals surface area contributed by atoms with Gasteiger partial charge in [-0.1, -0.05) is 12.1 Å². The highest BCUT2D eigenvalue weighted by Crippen LogP contribution is 2.19. The minimum atomic E-state index is -0.416. The summed E-state index contributed by atoms with van der Waals surface area (Å²) in [5, 5.41) is 8.77. The van der Waals surface area contributed by atoms with Gasteiger partial charge in [-0.3, -0.25) is 4.98 Å². The summed E-state index contributed by atoms with van der Waals surface area (Å²) in [4.78, 5) is 15.8. The number of esters is 1. The predicted molar refractivity (Wildman–Crippen MR) is 75.3 cm³/mol. The van der Waals surface area contributed by atoms with Gasteiger partial charge in [-0.25, -0.2) is 4.79 Å². The molecule has 2 rings (SSSR count). The molecule has 98 valence electrons. The topological polar surface area (TPSA) is 63.0 Å². The largest absolute Gasteiger partial charge is 0.465 e. The van der Waals surface area contributed by atoms with Crippen LogP contribution in [0.25, 0.3) is 11.6 Å². The first-order valence-corrected chi connectivity index (χ1v) is 5.95. The highest BCUT2D eigenvalue weighted by Gasteiger charge is 2.12. The van der Waals surface area contributed by atoms with Gasteiger partial charge < -0.3 is 4.74 Å². The third-order valence-corrected chi connectivity index (χ3v) is 2.75. The maximum atomic E-state index is 11.9. The molecule has 1 aromatic heterocycles. The van der Waals surface area contributed by atoms with E-state index in [2.05, 4.69) is 11.1 Å². The van der Waals surface area contributed by atoms with E-state index in [9.17, 15) is 4.79 Å². The van der Waals surface area contributed by atoms with E-state index in [1.54, 1.807) is 54.9 Å². The highest BCUT2D eigenvalue weighted by molar-refractivity contribution is 6.21. The second-order valence-electron chi connectivity index (χ2n) is 4.02. The average molecular weight is 264 g/mol. The van der Waals surface area contributed by atoms with Crippen molar-refractivity contribution in [3.05, 3.63) is 65.5 Å². The molecule has 1 aromatic carbocycles. The summed E-state index contributed by atoms with van der Waals surface area (Å²) in [5.74, 6) is -0.416. The van der Waals surface area contributed by atoms with Crippen LogP contribution in [0.3, 0.4) is 0 Å². The van der Waals surface area contributed by atoms with E-state index >= 15 is 0 Å². The van der Waals surface area contributed by atoms with E-state index in [1.165, 1.54) is 7.11 Å². The van der Waals surface area contributed by atoms with Gasteiger partial charge >= 0.3 is 5.97 Å². The normalized spacial score (nSPS) is 10.7. The molecule has 0 fully saturated rings. The minimum absolute atomic E-state index is 0.416. The van der Waals surface area contributed by atoms with E-state index in [1.807, 2.05) is 0 Å². The number of methoxy groups -OCH3 is 1. The fourth-order valence-corrected chi connectivity index (χ4v) is 1.72. The molecule has 1 heterocycles. The van der Waals surface area contributed by atoms with Gasteiger partial charge in [0.15, 0.2) is 0 Å². The van der Waals surface area contributed by atoms with Gasteiger partial charge in [-0.05, 0) is 41.5 Å². The van der Waals surface area contributed by atoms with E-state index in [0.717, 1.165) is 11.1 Å². The molecule has 0 amide bonds. The average Bonchev–Trinajstić information content (AvgIpc) is 2.53. The maximum Gasteiger partial charge on any atom is 0.338 e. The Hall–Kier alpha value is -2.93. The molecule has 0 unspecified atom stereocenters. The molecule has 0 saturated heterocycles. The van der Waals surface area contributed by atoms with Crippen LogP contribution in [-0.4, -0.2) is 18.1 Å². The molecule has 0 bridgehead atoms.